The summed E-state index contributed by atoms with van der Waals surface area (Å²) >= 11 is 0. The second-order valence-corrected chi connectivity index (χ2v) is 8.06. The lowest BCUT2D eigenvalue weighted by Gasteiger charge is -2.26. The van der Waals surface area contributed by atoms with Crippen LogP contribution in [0.2, 0.25) is 0 Å². The van der Waals surface area contributed by atoms with Crippen LogP contribution in [0.3, 0.4) is 0 Å². The number of likely N-dealkylation sites (tertiary alicyclic amines) is 1. The van der Waals surface area contributed by atoms with E-state index in [1.165, 1.54) is 0 Å². The highest BCUT2D eigenvalue weighted by Gasteiger charge is 2.19. The lowest BCUT2D eigenvalue weighted by Crippen LogP contribution is -2.38. The molecule has 3 heterocycles. The zero-order chi connectivity index (χ0) is 23.2. The van der Waals surface area contributed by atoms with Crippen LogP contribution < -0.4 is 9.47 Å². The van der Waals surface area contributed by atoms with Gasteiger partial charge in [0.15, 0.2) is 18.1 Å². The Morgan fingerprint density at radius 2 is 1.88 bits per heavy atom. The third-order valence-electron chi connectivity index (χ3n) is 5.62. The first-order valence-corrected chi connectivity index (χ1v) is 11.3. The van der Waals surface area contributed by atoms with Crippen molar-refractivity contribution in [3.8, 4) is 11.5 Å². The number of piperidine rings is 1. The lowest BCUT2D eigenvalue weighted by atomic mass is 10.1. The molecular weight excluding hydrogens is 422 g/mol. The van der Waals surface area contributed by atoms with Gasteiger partial charge in [-0.15, -0.1) is 0 Å². The molecule has 1 aliphatic rings. The molecule has 1 amide bonds. The number of aryl methyl sites for hydroxylation is 1. The standard InChI is InChI=1S/C25H29N3O5/c1-3-31-22-14-19(9-10-21(22)32-17-23(29)27-11-5-4-6-12-27)25(30)33-16-20-15-28-13-7-8-18(2)24(28)26-20/h7-10,13-15H,3-6,11-12,16-17H2,1-2H3. The maximum Gasteiger partial charge on any atom is 0.338 e. The van der Waals surface area contributed by atoms with E-state index < -0.39 is 5.97 Å². The highest BCUT2D eigenvalue weighted by molar-refractivity contribution is 5.90. The quantitative estimate of drug-likeness (QED) is 0.485. The van der Waals surface area contributed by atoms with Crippen molar-refractivity contribution in [2.45, 2.75) is 39.7 Å². The van der Waals surface area contributed by atoms with E-state index in [-0.39, 0.29) is 19.1 Å². The van der Waals surface area contributed by atoms with Gasteiger partial charge in [-0.25, -0.2) is 9.78 Å². The van der Waals surface area contributed by atoms with Gasteiger partial charge in [0.2, 0.25) is 0 Å². The van der Waals surface area contributed by atoms with Gasteiger partial charge in [0.25, 0.3) is 5.91 Å². The molecule has 8 nitrogen and oxygen atoms in total. The Kier molecular flexibility index (Phi) is 7.12. The average molecular weight is 452 g/mol. The molecule has 4 rings (SSSR count). The number of carbonyl (C=O) groups excluding carboxylic acids is 2. The fraction of sp³-hybridized carbons (Fsp3) is 0.400. The lowest BCUT2D eigenvalue weighted by molar-refractivity contribution is -0.134. The molecule has 0 saturated carbocycles. The molecule has 2 aromatic heterocycles. The van der Waals surface area contributed by atoms with Gasteiger partial charge in [-0.3, -0.25) is 4.79 Å². The van der Waals surface area contributed by atoms with E-state index in [0.717, 1.165) is 43.6 Å². The molecule has 33 heavy (non-hydrogen) atoms. The maximum atomic E-state index is 12.6. The number of amides is 1. The number of pyridine rings is 1. The summed E-state index contributed by atoms with van der Waals surface area (Å²) < 4.78 is 18.7. The Balaban J connectivity index is 1.39. The molecule has 1 aliphatic heterocycles. The fourth-order valence-electron chi connectivity index (χ4n) is 3.89. The van der Waals surface area contributed by atoms with E-state index in [0.29, 0.717) is 29.4 Å². The predicted octanol–water partition coefficient (Wildman–Crippen LogP) is 3.79. The largest absolute Gasteiger partial charge is 0.490 e. The Labute approximate surface area is 193 Å². The normalized spacial score (nSPS) is 13.7. The van der Waals surface area contributed by atoms with Gasteiger partial charge in [-0.1, -0.05) is 6.07 Å². The minimum Gasteiger partial charge on any atom is -0.490 e. The highest BCUT2D eigenvalue weighted by atomic mass is 16.5. The molecule has 0 bridgehead atoms. The fourth-order valence-corrected chi connectivity index (χ4v) is 3.89. The summed E-state index contributed by atoms with van der Waals surface area (Å²) in [6.45, 7) is 5.78. The monoisotopic (exact) mass is 451 g/mol. The number of carbonyl (C=O) groups is 2. The summed E-state index contributed by atoms with van der Waals surface area (Å²) in [4.78, 5) is 31.4. The van der Waals surface area contributed by atoms with E-state index >= 15 is 0 Å². The van der Waals surface area contributed by atoms with Crippen LogP contribution in [0, 0.1) is 6.92 Å². The minimum atomic E-state index is -0.485. The summed E-state index contributed by atoms with van der Waals surface area (Å²) in [5.74, 6) is 0.306. The van der Waals surface area contributed by atoms with Crippen LogP contribution in [-0.2, 0) is 16.1 Å². The molecule has 1 aromatic carbocycles. The number of esters is 1. The van der Waals surface area contributed by atoms with E-state index in [1.54, 1.807) is 18.2 Å². The van der Waals surface area contributed by atoms with Crippen molar-refractivity contribution in [2.75, 3.05) is 26.3 Å². The number of benzene rings is 1. The smallest absolute Gasteiger partial charge is 0.338 e. The van der Waals surface area contributed by atoms with Gasteiger partial charge in [0.05, 0.1) is 17.9 Å². The topological polar surface area (TPSA) is 82.4 Å². The Bertz CT molecular complexity index is 1130. The number of aromatic nitrogens is 2. The van der Waals surface area contributed by atoms with Gasteiger partial charge in [0.1, 0.15) is 12.3 Å². The third-order valence-corrected chi connectivity index (χ3v) is 5.62. The van der Waals surface area contributed by atoms with Gasteiger partial charge < -0.3 is 23.5 Å². The van der Waals surface area contributed by atoms with Crippen LogP contribution in [0.15, 0.2) is 42.7 Å². The molecule has 0 spiro atoms. The van der Waals surface area contributed by atoms with Crippen molar-refractivity contribution >= 4 is 17.5 Å². The van der Waals surface area contributed by atoms with E-state index in [2.05, 4.69) is 4.98 Å². The molecule has 174 valence electrons. The average Bonchev–Trinajstić information content (AvgIpc) is 3.27. The molecule has 0 N–H and O–H groups in total. The predicted molar refractivity (Wildman–Crippen MR) is 123 cm³/mol. The van der Waals surface area contributed by atoms with Gasteiger partial charge >= 0.3 is 5.97 Å². The molecule has 0 atom stereocenters. The van der Waals surface area contributed by atoms with Crippen molar-refractivity contribution in [1.82, 2.24) is 14.3 Å². The molecule has 0 aliphatic carbocycles. The van der Waals surface area contributed by atoms with Gasteiger partial charge in [-0.05, 0) is 62.9 Å². The maximum absolute atomic E-state index is 12.6. The Morgan fingerprint density at radius 1 is 1.06 bits per heavy atom. The van der Waals surface area contributed by atoms with E-state index in [4.69, 9.17) is 14.2 Å². The summed E-state index contributed by atoms with van der Waals surface area (Å²) in [6, 6.07) is 8.76. The van der Waals surface area contributed by atoms with Crippen LogP contribution in [-0.4, -0.2) is 52.5 Å². The molecule has 0 unspecified atom stereocenters. The van der Waals surface area contributed by atoms with Crippen molar-refractivity contribution in [3.05, 3.63) is 59.5 Å². The number of nitrogens with zero attached hydrogens (tertiary/aromatic N) is 3. The van der Waals surface area contributed by atoms with Crippen molar-refractivity contribution in [1.29, 1.82) is 0 Å². The van der Waals surface area contributed by atoms with Crippen LogP contribution in [0.5, 0.6) is 11.5 Å². The van der Waals surface area contributed by atoms with Gasteiger partial charge in [-0.2, -0.15) is 0 Å². The molecular formula is C25H29N3O5. The number of fused-ring (bicyclic) bond motifs is 1. The molecule has 8 heteroatoms. The summed E-state index contributed by atoms with van der Waals surface area (Å²) in [5, 5.41) is 0. The third kappa shape index (κ3) is 5.45. The van der Waals surface area contributed by atoms with Crippen LogP contribution >= 0.6 is 0 Å². The summed E-state index contributed by atoms with van der Waals surface area (Å²) in [6.07, 6.45) is 6.97. The number of hydrogen-bond donors (Lipinski definition) is 0. The van der Waals surface area contributed by atoms with Crippen LogP contribution in [0.4, 0.5) is 0 Å². The van der Waals surface area contributed by atoms with Gasteiger partial charge in [0, 0.05) is 25.5 Å². The van der Waals surface area contributed by atoms with E-state index in [9.17, 15) is 9.59 Å². The summed E-state index contributed by atoms with van der Waals surface area (Å²) in [5.41, 5.74) is 2.89. The number of ether oxygens (including phenoxy) is 3. The van der Waals surface area contributed by atoms with Crippen LogP contribution in [0.1, 0.15) is 47.8 Å². The first-order chi connectivity index (χ1) is 16.0. The molecule has 0 radical (unpaired) electrons. The number of imidazole rings is 1. The Hall–Kier alpha value is -3.55. The molecule has 1 saturated heterocycles. The second kappa shape index (κ2) is 10.4. The minimum absolute atomic E-state index is 0.0386. The first kappa shape index (κ1) is 22.6. The number of hydrogen-bond acceptors (Lipinski definition) is 6. The van der Waals surface area contributed by atoms with Crippen molar-refractivity contribution in [3.63, 3.8) is 0 Å². The van der Waals surface area contributed by atoms with E-state index in [1.807, 2.05) is 47.7 Å². The molecule has 1 fully saturated rings. The van der Waals surface area contributed by atoms with Crippen molar-refractivity contribution < 1.29 is 23.8 Å². The second-order valence-electron chi connectivity index (χ2n) is 8.06. The number of rotatable bonds is 8. The zero-order valence-corrected chi connectivity index (χ0v) is 19.1. The Morgan fingerprint density at radius 3 is 2.64 bits per heavy atom. The van der Waals surface area contributed by atoms with Crippen LogP contribution in [0.25, 0.3) is 5.65 Å². The molecule has 3 aromatic rings. The zero-order valence-electron chi connectivity index (χ0n) is 19.1. The SMILES string of the molecule is CCOc1cc(C(=O)OCc2cn3cccc(C)c3n2)ccc1OCC(=O)N1CCCCC1. The summed E-state index contributed by atoms with van der Waals surface area (Å²) in [7, 11) is 0. The highest BCUT2D eigenvalue weighted by Crippen LogP contribution is 2.29. The first-order valence-electron chi connectivity index (χ1n) is 11.3. The van der Waals surface area contributed by atoms with Crippen molar-refractivity contribution in [2.24, 2.45) is 0 Å².